The molecule has 2 N–H and O–H groups in total. The maximum Gasteiger partial charge on any atom is 0.411 e. The monoisotopic (exact) mass is 383 g/mol. The molecule has 1 amide bonds. The van der Waals surface area contributed by atoms with Gasteiger partial charge in [-0.05, 0) is 36.8 Å². The van der Waals surface area contributed by atoms with E-state index in [1.165, 1.54) is 12.1 Å². The number of amides is 1. The molecule has 0 aliphatic rings. The molecule has 2 aromatic carbocycles. The molecule has 9 heteroatoms. The molecule has 0 fully saturated rings. The van der Waals surface area contributed by atoms with Crippen molar-refractivity contribution < 1.29 is 14.5 Å². The minimum atomic E-state index is -0.746. The molecule has 25 heavy (non-hydrogen) atoms. The Kier molecular flexibility index (Phi) is 6.44. The van der Waals surface area contributed by atoms with E-state index >= 15 is 0 Å². The Morgan fingerprint density at radius 1 is 1.20 bits per heavy atom. The van der Waals surface area contributed by atoms with Crippen LogP contribution in [0.2, 0.25) is 10.0 Å². The highest BCUT2D eigenvalue weighted by Crippen LogP contribution is 2.28. The summed E-state index contributed by atoms with van der Waals surface area (Å²) in [5.41, 5.74) is 1.14. The van der Waals surface area contributed by atoms with E-state index in [2.05, 4.69) is 10.6 Å². The zero-order chi connectivity index (χ0) is 18.4. The predicted octanol–water partition coefficient (Wildman–Crippen LogP) is 5.08. The highest BCUT2D eigenvalue weighted by atomic mass is 35.5. The molecule has 0 spiro atoms. The standard InChI is InChI=1S/C16H15Cl2N3O4/c1-2-25-16(22)20-14-5-3-10(7-15(14)21(23)24)9-19-13-6-4-11(17)8-12(13)18/h3-8,19H,2,9H2,1H3,(H,20,22). The zero-order valence-corrected chi connectivity index (χ0v) is 14.7. The lowest BCUT2D eigenvalue weighted by molar-refractivity contribution is -0.384. The maximum absolute atomic E-state index is 11.5. The summed E-state index contributed by atoms with van der Waals surface area (Å²) in [4.78, 5) is 22.1. The van der Waals surface area contributed by atoms with Gasteiger partial charge in [0.15, 0.2) is 0 Å². The minimum absolute atomic E-state index is 0.0664. The second-order valence-corrected chi connectivity index (χ2v) is 5.78. The molecule has 0 aliphatic carbocycles. The van der Waals surface area contributed by atoms with Crippen molar-refractivity contribution >= 4 is 46.4 Å². The molecular formula is C16H15Cl2N3O4. The molecule has 0 bridgehead atoms. The molecule has 0 radical (unpaired) electrons. The van der Waals surface area contributed by atoms with Crippen molar-refractivity contribution in [1.82, 2.24) is 0 Å². The Bertz CT molecular complexity index is 799. The smallest absolute Gasteiger partial charge is 0.411 e. The zero-order valence-electron chi connectivity index (χ0n) is 13.2. The van der Waals surface area contributed by atoms with Gasteiger partial charge in [-0.15, -0.1) is 0 Å². The van der Waals surface area contributed by atoms with Crippen LogP contribution in [0.5, 0.6) is 0 Å². The maximum atomic E-state index is 11.5. The van der Waals surface area contributed by atoms with Gasteiger partial charge in [0.25, 0.3) is 5.69 Å². The molecule has 7 nitrogen and oxygen atoms in total. The fourth-order valence-corrected chi connectivity index (χ4v) is 2.53. The number of ether oxygens (including phenoxy) is 1. The number of carbonyl (C=O) groups excluding carboxylic acids is 1. The van der Waals surface area contributed by atoms with Crippen molar-refractivity contribution in [1.29, 1.82) is 0 Å². The topological polar surface area (TPSA) is 93.5 Å². The number of benzene rings is 2. The molecule has 0 saturated carbocycles. The largest absolute Gasteiger partial charge is 0.450 e. The highest BCUT2D eigenvalue weighted by molar-refractivity contribution is 6.36. The fourth-order valence-electron chi connectivity index (χ4n) is 2.05. The third-order valence-electron chi connectivity index (χ3n) is 3.19. The first-order chi connectivity index (χ1) is 11.9. The number of carbonyl (C=O) groups is 1. The lowest BCUT2D eigenvalue weighted by Crippen LogP contribution is -2.14. The molecule has 2 rings (SSSR count). The molecule has 2 aromatic rings. The number of hydrogen-bond donors (Lipinski definition) is 2. The van der Waals surface area contributed by atoms with Gasteiger partial charge < -0.3 is 10.1 Å². The Balaban J connectivity index is 2.15. The highest BCUT2D eigenvalue weighted by Gasteiger charge is 2.17. The van der Waals surface area contributed by atoms with Crippen LogP contribution in [0.1, 0.15) is 12.5 Å². The lowest BCUT2D eigenvalue weighted by atomic mass is 10.1. The molecule has 0 unspecified atom stereocenters. The number of nitro benzene ring substituents is 1. The van der Waals surface area contributed by atoms with Crippen molar-refractivity contribution in [2.24, 2.45) is 0 Å². The summed E-state index contributed by atoms with van der Waals surface area (Å²) < 4.78 is 4.73. The van der Waals surface area contributed by atoms with Crippen molar-refractivity contribution in [2.45, 2.75) is 13.5 Å². The number of anilines is 2. The number of hydrogen-bond acceptors (Lipinski definition) is 5. The first-order valence-corrected chi connectivity index (χ1v) is 8.06. The first-order valence-electron chi connectivity index (χ1n) is 7.30. The summed E-state index contributed by atoms with van der Waals surface area (Å²) in [6.07, 6.45) is -0.746. The average Bonchev–Trinajstić information content (AvgIpc) is 2.55. The van der Waals surface area contributed by atoms with Crippen LogP contribution in [0.15, 0.2) is 36.4 Å². The number of rotatable bonds is 6. The quantitative estimate of drug-likeness (QED) is 0.535. The summed E-state index contributed by atoms with van der Waals surface area (Å²) >= 11 is 11.9. The van der Waals surface area contributed by atoms with E-state index in [1.807, 2.05) is 0 Å². The van der Waals surface area contributed by atoms with Crippen LogP contribution < -0.4 is 10.6 Å². The SMILES string of the molecule is CCOC(=O)Nc1ccc(CNc2ccc(Cl)cc2Cl)cc1[N+](=O)[O-]. The van der Waals surface area contributed by atoms with Crippen molar-refractivity contribution in [3.8, 4) is 0 Å². The van der Waals surface area contributed by atoms with E-state index in [-0.39, 0.29) is 18.0 Å². The number of nitrogens with zero attached hydrogens (tertiary/aromatic N) is 1. The molecule has 0 aliphatic heterocycles. The van der Waals surface area contributed by atoms with Crippen LogP contribution in [-0.2, 0) is 11.3 Å². The normalized spacial score (nSPS) is 10.2. The van der Waals surface area contributed by atoms with Gasteiger partial charge in [0.05, 0.1) is 22.2 Å². The lowest BCUT2D eigenvalue weighted by Gasteiger charge is -2.10. The molecular weight excluding hydrogens is 369 g/mol. The Morgan fingerprint density at radius 2 is 1.92 bits per heavy atom. The third kappa shape index (κ3) is 5.23. The summed E-state index contributed by atoms with van der Waals surface area (Å²) in [5, 5.41) is 17.6. The number of halogens is 2. The van der Waals surface area contributed by atoms with Crippen LogP contribution in [0, 0.1) is 10.1 Å². The summed E-state index contributed by atoms with van der Waals surface area (Å²) in [6, 6.07) is 9.49. The van der Waals surface area contributed by atoms with E-state index in [9.17, 15) is 14.9 Å². The molecule has 0 saturated heterocycles. The van der Waals surface area contributed by atoms with Crippen LogP contribution in [0.4, 0.5) is 21.9 Å². The molecule has 0 heterocycles. The van der Waals surface area contributed by atoms with Crippen LogP contribution in [0.3, 0.4) is 0 Å². The Hall–Kier alpha value is -2.51. The summed E-state index contributed by atoms with van der Waals surface area (Å²) in [7, 11) is 0. The number of nitrogens with one attached hydrogen (secondary N) is 2. The second-order valence-electron chi connectivity index (χ2n) is 4.93. The summed E-state index contributed by atoms with van der Waals surface area (Å²) in [5.74, 6) is 0. The van der Waals surface area contributed by atoms with Crippen LogP contribution in [-0.4, -0.2) is 17.6 Å². The van der Waals surface area contributed by atoms with E-state index in [0.717, 1.165) is 0 Å². The van der Waals surface area contributed by atoms with Gasteiger partial charge in [-0.1, -0.05) is 29.3 Å². The third-order valence-corrected chi connectivity index (χ3v) is 3.73. The summed E-state index contributed by atoms with van der Waals surface area (Å²) in [6.45, 7) is 2.12. The average molecular weight is 384 g/mol. The molecule has 0 aromatic heterocycles. The van der Waals surface area contributed by atoms with E-state index < -0.39 is 11.0 Å². The van der Waals surface area contributed by atoms with Gasteiger partial charge in [0.1, 0.15) is 5.69 Å². The van der Waals surface area contributed by atoms with E-state index in [1.54, 1.807) is 31.2 Å². The van der Waals surface area contributed by atoms with Crippen molar-refractivity contribution in [3.05, 3.63) is 62.1 Å². The van der Waals surface area contributed by atoms with Gasteiger partial charge in [-0.2, -0.15) is 0 Å². The van der Waals surface area contributed by atoms with Gasteiger partial charge in [0.2, 0.25) is 0 Å². The van der Waals surface area contributed by atoms with Gasteiger partial charge in [-0.25, -0.2) is 4.79 Å². The number of nitro groups is 1. The molecule has 0 atom stereocenters. The van der Waals surface area contributed by atoms with E-state index in [4.69, 9.17) is 27.9 Å². The van der Waals surface area contributed by atoms with Crippen LogP contribution in [0.25, 0.3) is 0 Å². The van der Waals surface area contributed by atoms with Gasteiger partial charge in [0, 0.05) is 17.6 Å². The molecule has 132 valence electrons. The van der Waals surface area contributed by atoms with Crippen molar-refractivity contribution in [2.75, 3.05) is 17.2 Å². The van der Waals surface area contributed by atoms with Gasteiger partial charge >= 0.3 is 6.09 Å². The van der Waals surface area contributed by atoms with Crippen LogP contribution >= 0.6 is 23.2 Å². The second kappa shape index (κ2) is 8.55. The van der Waals surface area contributed by atoms with Gasteiger partial charge in [-0.3, -0.25) is 15.4 Å². The minimum Gasteiger partial charge on any atom is -0.450 e. The van der Waals surface area contributed by atoms with Crippen molar-refractivity contribution in [3.63, 3.8) is 0 Å². The Labute approximate surface area is 154 Å². The van der Waals surface area contributed by atoms with E-state index in [0.29, 0.717) is 27.8 Å². The predicted molar refractivity (Wildman–Crippen MR) is 97.5 cm³/mol. The first kappa shape index (κ1) is 18.8. The Morgan fingerprint density at radius 3 is 2.56 bits per heavy atom. The fraction of sp³-hybridized carbons (Fsp3) is 0.188.